The highest BCUT2D eigenvalue weighted by atomic mass is 15.1. The maximum atomic E-state index is 5.80. The minimum atomic E-state index is 0.556. The van der Waals surface area contributed by atoms with Gasteiger partial charge in [0.1, 0.15) is 5.82 Å². The number of hydrogen-bond acceptors (Lipinski definition) is 2. The summed E-state index contributed by atoms with van der Waals surface area (Å²) < 4.78 is 2.09. The first-order chi connectivity index (χ1) is 8.61. The number of rotatable bonds is 4. The van der Waals surface area contributed by atoms with Crippen molar-refractivity contribution in [2.75, 3.05) is 0 Å². The highest BCUT2D eigenvalue weighted by Crippen LogP contribution is 2.13. The third kappa shape index (κ3) is 2.62. The zero-order chi connectivity index (χ0) is 13.1. The summed E-state index contributed by atoms with van der Waals surface area (Å²) in [5.74, 6) is 1.04. The molecule has 3 nitrogen and oxygen atoms in total. The summed E-state index contributed by atoms with van der Waals surface area (Å²) in [5, 5.41) is 0. The molecule has 0 saturated carbocycles. The van der Waals surface area contributed by atoms with Crippen LogP contribution in [0.15, 0.2) is 24.3 Å². The molecule has 0 spiro atoms. The normalized spacial score (nSPS) is 10.9. The van der Waals surface area contributed by atoms with E-state index in [9.17, 15) is 0 Å². The highest BCUT2D eigenvalue weighted by molar-refractivity contribution is 5.24. The minimum absolute atomic E-state index is 0.556. The molecule has 0 amide bonds. The van der Waals surface area contributed by atoms with Gasteiger partial charge in [-0.05, 0) is 32.3 Å². The first-order valence-corrected chi connectivity index (χ1v) is 6.38. The van der Waals surface area contributed by atoms with Crippen LogP contribution in [-0.4, -0.2) is 9.55 Å². The molecule has 2 N–H and O–H groups in total. The number of aromatic nitrogens is 2. The molecule has 3 heteroatoms. The van der Waals surface area contributed by atoms with Crippen LogP contribution in [0.4, 0.5) is 0 Å². The summed E-state index contributed by atoms with van der Waals surface area (Å²) in [6.07, 6.45) is 1.98. The second kappa shape index (κ2) is 5.36. The van der Waals surface area contributed by atoms with E-state index in [2.05, 4.69) is 40.7 Å². The Morgan fingerprint density at radius 1 is 1.22 bits per heavy atom. The van der Waals surface area contributed by atoms with Crippen LogP contribution in [0.25, 0.3) is 0 Å². The lowest BCUT2D eigenvalue weighted by molar-refractivity contribution is 0.779. The van der Waals surface area contributed by atoms with Crippen molar-refractivity contribution in [2.45, 2.75) is 33.2 Å². The van der Waals surface area contributed by atoms with Gasteiger partial charge in [-0.15, -0.1) is 0 Å². The number of aryl methyl sites for hydroxylation is 4. The van der Waals surface area contributed by atoms with Gasteiger partial charge in [0.15, 0.2) is 0 Å². The fraction of sp³-hybridized carbons (Fsp3) is 0.400. The highest BCUT2D eigenvalue weighted by Gasteiger charge is 2.10. The zero-order valence-electron chi connectivity index (χ0n) is 11.4. The smallest absolute Gasteiger partial charge is 0.105 e. The van der Waals surface area contributed by atoms with Gasteiger partial charge in [-0.2, -0.15) is 0 Å². The van der Waals surface area contributed by atoms with Gasteiger partial charge in [0, 0.05) is 13.6 Å². The molecule has 0 bridgehead atoms. The maximum Gasteiger partial charge on any atom is 0.105 e. The van der Waals surface area contributed by atoms with E-state index in [-0.39, 0.29) is 0 Å². The monoisotopic (exact) mass is 243 g/mol. The van der Waals surface area contributed by atoms with Gasteiger partial charge < -0.3 is 10.3 Å². The molecular formula is C15H21N3. The van der Waals surface area contributed by atoms with Crippen molar-refractivity contribution in [3.63, 3.8) is 0 Å². The fourth-order valence-electron chi connectivity index (χ4n) is 2.31. The van der Waals surface area contributed by atoms with Crippen LogP contribution in [0.2, 0.25) is 0 Å². The summed E-state index contributed by atoms with van der Waals surface area (Å²) in [4.78, 5) is 4.60. The van der Waals surface area contributed by atoms with Gasteiger partial charge in [0.2, 0.25) is 0 Å². The number of hydrogen-bond donors (Lipinski definition) is 1. The third-order valence-corrected chi connectivity index (χ3v) is 3.45. The Balaban J connectivity index is 2.13. The van der Waals surface area contributed by atoms with Crippen molar-refractivity contribution < 1.29 is 0 Å². The van der Waals surface area contributed by atoms with Gasteiger partial charge in [-0.3, -0.25) is 0 Å². The summed E-state index contributed by atoms with van der Waals surface area (Å²) in [6, 6.07) is 8.64. The van der Waals surface area contributed by atoms with Crippen molar-refractivity contribution in [2.24, 2.45) is 12.8 Å². The van der Waals surface area contributed by atoms with Crippen LogP contribution < -0.4 is 5.73 Å². The summed E-state index contributed by atoms with van der Waals surface area (Å²) in [5.41, 5.74) is 10.8. The average Bonchev–Trinajstić information content (AvgIpc) is 2.62. The molecule has 0 atom stereocenters. The molecule has 0 aliphatic rings. The van der Waals surface area contributed by atoms with Crippen LogP contribution in [0.5, 0.6) is 0 Å². The summed E-state index contributed by atoms with van der Waals surface area (Å²) in [7, 11) is 2.03. The Labute approximate surface area is 109 Å². The first kappa shape index (κ1) is 12.8. The molecule has 96 valence electrons. The van der Waals surface area contributed by atoms with Crippen LogP contribution in [0.3, 0.4) is 0 Å². The lowest BCUT2D eigenvalue weighted by Crippen LogP contribution is -2.07. The average molecular weight is 243 g/mol. The molecule has 0 unspecified atom stereocenters. The number of benzene rings is 1. The van der Waals surface area contributed by atoms with Crippen LogP contribution >= 0.6 is 0 Å². The topological polar surface area (TPSA) is 43.8 Å². The van der Waals surface area contributed by atoms with Crippen molar-refractivity contribution in [3.8, 4) is 0 Å². The maximum absolute atomic E-state index is 5.80. The molecule has 18 heavy (non-hydrogen) atoms. The summed E-state index contributed by atoms with van der Waals surface area (Å²) >= 11 is 0. The van der Waals surface area contributed by atoms with Gasteiger partial charge >= 0.3 is 0 Å². The molecular weight excluding hydrogens is 222 g/mol. The number of imidazole rings is 1. The molecule has 2 rings (SSSR count). The van der Waals surface area contributed by atoms with E-state index in [4.69, 9.17) is 5.73 Å². The summed E-state index contributed by atoms with van der Waals surface area (Å²) in [6.45, 7) is 4.70. The SMILES string of the molecule is Cc1cccc(CCc2nc(C)n(C)c2CN)c1. The Morgan fingerprint density at radius 2 is 2.00 bits per heavy atom. The Hall–Kier alpha value is -1.61. The Bertz CT molecular complexity index is 541. The van der Waals surface area contributed by atoms with Gasteiger partial charge in [-0.25, -0.2) is 4.98 Å². The van der Waals surface area contributed by atoms with Crippen LogP contribution in [-0.2, 0) is 26.4 Å². The van der Waals surface area contributed by atoms with Crippen molar-refractivity contribution >= 4 is 0 Å². The second-order valence-electron chi connectivity index (χ2n) is 4.80. The van der Waals surface area contributed by atoms with E-state index in [0.717, 1.165) is 30.1 Å². The van der Waals surface area contributed by atoms with Crippen LogP contribution in [0.1, 0.15) is 28.3 Å². The van der Waals surface area contributed by atoms with Crippen molar-refractivity contribution in [3.05, 3.63) is 52.6 Å². The van der Waals surface area contributed by atoms with Gasteiger partial charge in [0.25, 0.3) is 0 Å². The van der Waals surface area contributed by atoms with E-state index >= 15 is 0 Å². The van der Waals surface area contributed by atoms with Crippen molar-refractivity contribution in [1.82, 2.24) is 9.55 Å². The molecule has 2 aromatic rings. The molecule has 1 aromatic carbocycles. The molecule has 0 saturated heterocycles. The minimum Gasteiger partial charge on any atom is -0.334 e. The fourth-order valence-corrected chi connectivity index (χ4v) is 2.31. The van der Waals surface area contributed by atoms with E-state index in [1.54, 1.807) is 0 Å². The number of nitrogens with zero attached hydrogens (tertiary/aromatic N) is 2. The second-order valence-corrected chi connectivity index (χ2v) is 4.80. The van der Waals surface area contributed by atoms with E-state index in [1.165, 1.54) is 11.1 Å². The van der Waals surface area contributed by atoms with Gasteiger partial charge in [0.05, 0.1) is 11.4 Å². The number of nitrogens with two attached hydrogens (primary N) is 1. The molecule has 0 fully saturated rings. The Kier molecular flexibility index (Phi) is 3.82. The lowest BCUT2D eigenvalue weighted by Gasteiger charge is -2.04. The molecule has 0 aliphatic carbocycles. The Morgan fingerprint density at radius 3 is 2.67 bits per heavy atom. The lowest BCUT2D eigenvalue weighted by atomic mass is 10.1. The molecule has 0 radical (unpaired) electrons. The third-order valence-electron chi connectivity index (χ3n) is 3.45. The molecule has 0 aliphatic heterocycles. The first-order valence-electron chi connectivity index (χ1n) is 6.38. The van der Waals surface area contributed by atoms with Gasteiger partial charge in [-0.1, -0.05) is 29.8 Å². The zero-order valence-corrected chi connectivity index (χ0v) is 11.4. The van der Waals surface area contributed by atoms with E-state index in [0.29, 0.717) is 6.54 Å². The quantitative estimate of drug-likeness (QED) is 0.895. The predicted molar refractivity (Wildman–Crippen MR) is 74.4 cm³/mol. The predicted octanol–water partition coefficient (Wildman–Crippen LogP) is 2.28. The molecule has 1 heterocycles. The van der Waals surface area contributed by atoms with Crippen LogP contribution in [0, 0.1) is 13.8 Å². The van der Waals surface area contributed by atoms with E-state index in [1.807, 2.05) is 14.0 Å². The standard InChI is InChI=1S/C15H21N3/c1-11-5-4-6-13(9-11)7-8-14-15(10-16)18(3)12(2)17-14/h4-6,9H,7-8,10,16H2,1-3H3. The molecule has 1 aromatic heterocycles. The largest absolute Gasteiger partial charge is 0.334 e. The van der Waals surface area contributed by atoms with E-state index < -0.39 is 0 Å². The van der Waals surface area contributed by atoms with Crippen molar-refractivity contribution in [1.29, 1.82) is 0 Å².